The number of aromatic nitrogens is 8. The van der Waals surface area contributed by atoms with Crippen molar-refractivity contribution in [1.29, 1.82) is 0 Å². The molecule has 0 unspecified atom stereocenters. The minimum Gasteiger partial charge on any atom is -0.309 e. The Bertz CT molecular complexity index is 3570. The highest BCUT2D eigenvalue weighted by molar-refractivity contribution is 6.11. The number of hydrogen-bond acceptors (Lipinski definition) is 6. The minimum absolute atomic E-state index is 0.648. The minimum atomic E-state index is 0.648. The van der Waals surface area contributed by atoms with E-state index in [1.807, 2.05) is 27.7 Å². The van der Waals surface area contributed by atoms with Gasteiger partial charge in [0, 0.05) is 38.2 Å². The van der Waals surface area contributed by atoms with Crippen molar-refractivity contribution in [2.75, 3.05) is 0 Å². The average Bonchev–Trinajstić information content (AvgIpc) is 3.77. The molecular formula is C54H42N8. The Hall–Kier alpha value is -7.84. The summed E-state index contributed by atoms with van der Waals surface area (Å²) < 4.78 is 4.76. The molecule has 0 atom stereocenters. The van der Waals surface area contributed by atoms with Gasteiger partial charge in [-0.3, -0.25) is 0 Å². The summed E-state index contributed by atoms with van der Waals surface area (Å²) in [6, 6.07) is 52.8. The van der Waals surface area contributed by atoms with Crippen molar-refractivity contribution in [2.45, 2.75) is 41.5 Å². The smallest absolute Gasteiger partial charge is 0.165 e. The highest BCUT2D eigenvalue weighted by Gasteiger charge is 2.21. The Morgan fingerprint density at radius 2 is 0.806 bits per heavy atom. The summed E-state index contributed by atoms with van der Waals surface area (Å²) in [6.45, 7) is 12.0. The molecule has 0 aliphatic heterocycles. The van der Waals surface area contributed by atoms with Gasteiger partial charge in [-0.15, -0.1) is 0 Å². The summed E-state index contributed by atoms with van der Waals surface area (Å²) >= 11 is 0. The molecule has 4 heterocycles. The average molecular weight is 803 g/mol. The molecule has 0 aliphatic rings. The summed E-state index contributed by atoms with van der Waals surface area (Å²) in [7, 11) is 0. The molecular weight excluding hydrogens is 761 g/mol. The van der Waals surface area contributed by atoms with Gasteiger partial charge in [0.05, 0.1) is 33.4 Å². The van der Waals surface area contributed by atoms with Crippen molar-refractivity contribution < 1.29 is 0 Å². The molecule has 0 N–H and O–H groups in total. The zero-order valence-corrected chi connectivity index (χ0v) is 35.4. The maximum atomic E-state index is 4.88. The van der Waals surface area contributed by atoms with Gasteiger partial charge in [0.25, 0.3) is 0 Å². The highest BCUT2D eigenvalue weighted by atomic mass is 15.0. The van der Waals surface area contributed by atoms with Gasteiger partial charge in [-0.25, -0.2) is 29.9 Å². The Morgan fingerprint density at radius 1 is 0.306 bits per heavy atom. The van der Waals surface area contributed by atoms with Crippen molar-refractivity contribution in [1.82, 2.24) is 39.0 Å². The first-order chi connectivity index (χ1) is 30.2. The summed E-state index contributed by atoms with van der Waals surface area (Å²) in [6.07, 6.45) is 0. The SMILES string of the molecule is Cc1ccc2c(c1)c1ccccc1n2-c1ccc(-c2nc(C)nc(C)n2)cc1-c1cccc(-c2ccc(-c3nc(C)nc(C)n3)c(-n3c4ccccc4c4cc(C)ccc43)c2)c1. The van der Waals surface area contributed by atoms with Gasteiger partial charge in [-0.2, -0.15) is 0 Å². The molecule has 11 rings (SSSR count). The van der Waals surface area contributed by atoms with Crippen molar-refractivity contribution in [2.24, 2.45) is 0 Å². The Balaban J connectivity index is 1.15. The maximum absolute atomic E-state index is 4.88. The molecule has 298 valence electrons. The summed E-state index contributed by atoms with van der Waals surface area (Å²) in [5.41, 5.74) is 15.2. The predicted molar refractivity (Wildman–Crippen MR) is 252 cm³/mol. The van der Waals surface area contributed by atoms with Gasteiger partial charge in [0.1, 0.15) is 23.3 Å². The lowest BCUT2D eigenvalue weighted by Gasteiger charge is -2.18. The standard InChI is InChI=1S/C54H42N8/c1-31-18-23-50-45(26-31)41-14-7-9-16-47(41)61(50)49-25-21-40(53-57-33(3)55-34(4)58-53)29-44(49)39-13-11-12-37(28-39)38-20-22-43(54-59-35(5)56-36(6)60-54)52(30-38)62-48-17-10-8-15-42(48)46-27-32(2)19-24-51(46)62/h7-30H,1-6H3. The van der Waals surface area contributed by atoms with Crippen molar-refractivity contribution in [3.05, 3.63) is 180 Å². The number of nitrogens with zero attached hydrogens (tertiary/aromatic N) is 8. The predicted octanol–water partition coefficient (Wildman–Crippen LogP) is 12.8. The van der Waals surface area contributed by atoms with Crippen LogP contribution in [0.25, 0.3) is 100 Å². The zero-order valence-electron chi connectivity index (χ0n) is 35.4. The molecule has 62 heavy (non-hydrogen) atoms. The second-order valence-electron chi connectivity index (χ2n) is 16.3. The van der Waals surface area contributed by atoms with E-state index in [2.05, 4.69) is 179 Å². The third-order valence-electron chi connectivity index (χ3n) is 11.9. The van der Waals surface area contributed by atoms with E-state index in [9.17, 15) is 0 Å². The fraction of sp³-hybridized carbons (Fsp3) is 0.111. The van der Waals surface area contributed by atoms with Gasteiger partial charge < -0.3 is 9.13 Å². The number of hydrogen-bond donors (Lipinski definition) is 0. The lowest BCUT2D eigenvalue weighted by molar-refractivity contribution is 0.926. The van der Waals surface area contributed by atoms with E-state index in [-0.39, 0.29) is 0 Å². The monoisotopic (exact) mass is 802 g/mol. The number of para-hydroxylation sites is 2. The molecule has 11 aromatic rings. The van der Waals surface area contributed by atoms with Crippen molar-refractivity contribution in [3.8, 4) is 56.4 Å². The molecule has 0 amide bonds. The van der Waals surface area contributed by atoms with Crippen molar-refractivity contribution >= 4 is 43.6 Å². The second kappa shape index (κ2) is 14.4. The zero-order chi connectivity index (χ0) is 42.2. The van der Waals surface area contributed by atoms with Crippen LogP contribution in [0.3, 0.4) is 0 Å². The van der Waals surface area contributed by atoms with Crippen LogP contribution in [0.2, 0.25) is 0 Å². The Labute approximate surface area is 359 Å². The van der Waals surface area contributed by atoms with E-state index in [4.69, 9.17) is 19.9 Å². The van der Waals surface area contributed by atoms with Gasteiger partial charge in [-0.05, 0) is 131 Å². The fourth-order valence-electron chi connectivity index (χ4n) is 9.23. The number of fused-ring (bicyclic) bond motifs is 6. The van der Waals surface area contributed by atoms with E-state index in [1.54, 1.807) is 0 Å². The van der Waals surface area contributed by atoms with Crippen LogP contribution >= 0.6 is 0 Å². The van der Waals surface area contributed by atoms with Crippen LogP contribution in [0.1, 0.15) is 34.4 Å². The molecule has 0 spiro atoms. The second-order valence-corrected chi connectivity index (χ2v) is 16.3. The molecule has 0 radical (unpaired) electrons. The molecule has 7 aromatic carbocycles. The first kappa shape index (κ1) is 37.2. The number of benzene rings is 7. The maximum Gasteiger partial charge on any atom is 0.165 e. The highest BCUT2D eigenvalue weighted by Crippen LogP contribution is 2.41. The van der Waals surface area contributed by atoms with Crippen LogP contribution in [-0.2, 0) is 0 Å². The van der Waals surface area contributed by atoms with Gasteiger partial charge in [0.2, 0.25) is 0 Å². The normalized spacial score (nSPS) is 11.7. The van der Waals surface area contributed by atoms with Crippen LogP contribution in [0, 0.1) is 41.5 Å². The summed E-state index contributed by atoms with van der Waals surface area (Å²) in [4.78, 5) is 28.3. The lowest BCUT2D eigenvalue weighted by Crippen LogP contribution is -2.03. The number of aryl methyl sites for hydroxylation is 6. The largest absolute Gasteiger partial charge is 0.309 e. The van der Waals surface area contributed by atoms with E-state index < -0.39 is 0 Å². The van der Waals surface area contributed by atoms with E-state index in [0.717, 1.165) is 66.8 Å². The Kier molecular flexibility index (Phi) is 8.65. The van der Waals surface area contributed by atoms with Gasteiger partial charge >= 0.3 is 0 Å². The van der Waals surface area contributed by atoms with Crippen LogP contribution < -0.4 is 0 Å². The number of rotatable bonds is 6. The third kappa shape index (κ3) is 6.22. The van der Waals surface area contributed by atoms with Crippen LogP contribution in [0.4, 0.5) is 0 Å². The molecule has 0 saturated carbocycles. The Morgan fingerprint density at radius 3 is 1.42 bits per heavy atom. The van der Waals surface area contributed by atoms with Gasteiger partial charge in [-0.1, -0.05) is 83.9 Å². The summed E-state index contributed by atoms with van der Waals surface area (Å²) in [5.74, 6) is 4.06. The molecule has 4 aromatic heterocycles. The molecule has 0 fully saturated rings. The van der Waals surface area contributed by atoms with Gasteiger partial charge in [0.15, 0.2) is 11.6 Å². The topological polar surface area (TPSA) is 87.2 Å². The van der Waals surface area contributed by atoms with Crippen LogP contribution in [0.15, 0.2) is 146 Å². The molecule has 8 heteroatoms. The van der Waals surface area contributed by atoms with E-state index in [0.29, 0.717) is 34.9 Å². The quantitative estimate of drug-likeness (QED) is 0.166. The van der Waals surface area contributed by atoms with E-state index >= 15 is 0 Å². The molecule has 0 aliphatic carbocycles. The van der Waals surface area contributed by atoms with Crippen LogP contribution in [0.5, 0.6) is 0 Å². The summed E-state index contributed by atoms with van der Waals surface area (Å²) in [5, 5.41) is 4.85. The van der Waals surface area contributed by atoms with Crippen molar-refractivity contribution in [3.63, 3.8) is 0 Å². The molecule has 0 bridgehead atoms. The van der Waals surface area contributed by atoms with E-state index in [1.165, 1.54) is 32.7 Å². The molecule has 0 saturated heterocycles. The van der Waals surface area contributed by atoms with Crippen LogP contribution in [-0.4, -0.2) is 39.0 Å². The third-order valence-corrected chi connectivity index (χ3v) is 11.9. The first-order valence-electron chi connectivity index (χ1n) is 21.0. The fourth-order valence-corrected chi connectivity index (χ4v) is 9.23. The molecule has 8 nitrogen and oxygen atoms in total. The first-order valence-corrected chi connectivity index (χ1v) is 21.0. The lowest BCUT2D eigenvalue weighted by atomic mass is 9.95.